The Labute approximate surface area is 142 Å². The molecule has 2 atom stereocenters. The molecular weight excluding hydrogens is 310 g/mol. The number of benzene rings is 1. The highest BCUT2D eigenvalue weighted by atomic mass is 32.2. The molecule has 0 bridgehead atoms. The first-order chi connectivity index (χ1) is 11.1. The molecule has 2 unspecified atom stereocenters. The van der Waals surface area contributed by atoms with Gasteiger partial charge in [0.25, 0.3) is 0 Å². The number of hydrogen-bond donors (Lipinski definition) is 3. The Hall–Kier alpha value is -1.69. The zero-order valence-corrected chi connectivity index (χ0v) is 14.5. The summed E-state index contributed by atoms with van der Waals surface area (Å²) < 4.78 is 0. The first-order valence-electron chi connectivity index (χ1n) is 8.09. The van der Waals surface area contributed by atoms with Crippen LogP contribution in [0.1, 0.15) is 39.0 Å². The van der Waals surface area contributed by atoms with E-state index in [2.05, 4.69) is 16.0 Å². The molecule has 2 rings (SSSR count). The van der Waals surface area contributed by atoms with Crippen molar-refractivity contribution in [3.8, 4) is 0 Å². The van der Waals surface area contributed by atoms with E-state index in [1.165, 1.54) is 0 Å². The molecule has 0 aliphatic carbocycles. The molecule has 1 aromatic rings. The van der Waals surface area contributed by atoms with Gasteiger partial charge in [0.15, 0.2) is 0 Å². The summed E-state index contributed by atoms with van der Waals surface area (Å²) in [5.41, 5.74) is 0.857. The average Bonchev–Trinajstić information content (AvgIpc) is 2.85. The van der Waals surface area contributed by atoms with Crippen LogP contribution in [0.5, 0.6) is 0 Å². The Morgan fingerprint density at radius 1 is 1.26 bits per heavy atom. The van der Waals surface area contributed by atoms with Crippen LogP contribution in [0.25, 0.3) is 0 Å². The molecular formula is C17H25N3O2S. The number of hydrogen-bond acceptors (Lipinski definition) is 3. The molecule has 1 aromatic carbocycles. The topological polar surface area (TPSA) is 70.2 Å². The highest BCUT2D eigenvalue weighted by Gasteiger charge is 2.26. The van der Waals surface area contributed by atoms with Crippen LogP contribution in [0.3, 0.4) is 0 Å². The van der Waals surface area contributed by atoms with E-state index in [1.54, 1.807) is 11.8 Å². The van der Waals surface area contributed by atoms with Gasteiger partial charge in [0.1, 0.15) is 0 Å². The van der Waals surface area contributed by atoms with Crippen molar-refractivity contribution in [3.63, 3.8) is 0 Å². The zero-order chi connectivity index (χ0) is 16.7. The second kappa shape index (κ2) is 8.82. The fourth-order valence-electron chi connectivity index (χ4n) is 2.72. The number of anilines is 1. The number of unbranched alkanes of at least 4 members (excludes halogenated alkanes) is 2. The van der Waals surface area contributed by atoms with E-state index in [4.69, 9.17) is 0 Å². The molecule has 0 aromatic heterocycles. The second-order valence-electron chi connectivity index (χ2n) is 5.89. The molecule has 0 saturated carbocycles. The molecule has 1 aliphatic rings. The lowest BCUT2D eigenvalue weighted by atomic mass is 10.0. The molecule has 1 fully saturated rings. The molecule has 3 amide bonds. The van der Waals surface area contributed by atoms with Gasteiger partial charge in [-0.1, -0.05) is 18.9 Å². The van der Waals surface area contributed by atoms with Crippen LogP contribution in [0.4, 0.5) is 10.5 Å². The Balaban J connectivity index is 1.60. The van der Waals surface area contributed by atoms with Crippen LogP contribution in [0.2, 0.25) is 0 Å². The maximum absolute atomic E-state index is 11.9. The van der Waals surface area contributed by atoms with Gasteiger partial charge < -0.3 is 16.0 Å². The summed E-state index contributed by atoms with van der Waals surface area (Å²) >= 11 is 1.66. The lowest BCUT2D eigenvalue weighted by Gasteiger charge is -2.13. The maximum Gasteiger partial charge on any atom is 0.315 e. The normalized spacial score (nSPS) is 20.0. The lowest BCUT2D eigenvalue weighted by Crippen LogP contribution is -2.30. The summed E-state index contributed by atoms with van der Waals surface area (Å²) in [6.45, 7) is 2.01. The zero-order valence-electron chi connectivity index (χ0n) is 13.7. The average molecular weight is 335 g/mol. The summed E-state index contributed by atoms with van der Waals surface area (Å²) in [6.07, 6.45) is 6.40. The van der Waals surface area contributed by atoms with Crippen molar-refractivity contribution in [2.45, 2.75) is 56.0 Å². The van der Waals surface area contributed by atoms with Gasteiger partial charge in [-0.05, 0) is 44.2 Å². The van der Waals surface area contributed by atoms with Crippen molar-refractivity contribution < 1.29 is 9.59 Å². The second-order valence-corrected chi connectivity index (χ2v) is 6.77. The van der Waals surface area contributed by atoms with Crippen LogP contribution in [-0.2, 0) is 4.79 Å². The molecule has 6 heteroatoms. The van der Waals surface area contributed by atoms with Gasteiger partial charge in [-0.15, -0.1) is 11.8 Å². The fraction of sp³-hybridized carbons (Fsp3) is 0.529. The summed E-state index contributed by atoms with van der Waals surface area (Å²) in [4.78, 5) is 24.3. The number of carbonyl (C=O) groups excluding carboxylic acids is 2. The van der Waals surface area contributed by atoms with Crippen molar-refractivity contribution >= 4 is 29.4 Å². The molecule has 23 heavy (non-hydrogen) atoms. The lowest BCUT2D eigenvalue weighted by molar-refractivity contribution is -0.116. The largest absolute Gasteiger partial charge is 0.334 e. The summed E-state index contributed by atoms with van der Waals surface area (Å²) in [5, 5.41) is 8.70. The predicted octanol–water partition coefficient (Wildman–Crippen LogP) is 3.37. The predicted molar refractivity (Wildman–Crippen MR) is 94.9 cm³/mol. The van der Waals surface area contributed by atoms with Gasteiger partial charge in [-0.25, -0.2) is 4.79 Å². The van der Waals surface area contributed by atoms with E-state index in [-0.39, 0.29) is 24.0 Å². The summed E-state index contributed by atoms with van der Waals surface area (Å²) in [7, 11) is 0. The number of carbonyl (C=O) groups is 2. The molecule has 0 spiro atoms. The summed E-state index contributed by atoms with van der Waals surface area (Å²) in [6, 6.07) is 8.20. The van der Waals surface area contributed by atoms with Crippen LogP contribution >= 0.6 is 11.8 Å². The Kier molecular flexibility index (Phi) is 6.77. The van der Waals surface area contributed by atoms with E-state index in [0.717, 1.165) is 36.3 Å². The molecule has 3 N–H and O–H groups in total. The first-order valence-corrected chi connectivity index (χ1v) is 9.32. The number of amides is 3. The third-order valence-electron chi connectivity index (χ3n) is 4.05. The van der Waals surface area contributed by atoms with Gasteiger partial charge >= 0.3 is 6.03 Å². The molecule has 5 nitrogen and oxygen atoms in total. The number of urea groups is 1. The minimum absolute atomic E-state index is 0.0625. The van der Waals surface area contributed by atoms with Crippen LogP contribution < -0.4 is 16.0 Å². The van der Waals surface area contributed by atoms with Crippen molar-refractivity contribution in [2.75, 3.05) is 11.6 Å². The van der Waals surface area contributed by atoms with Crippen LogP contribution in [0.15, 0.2) is 29.2 Å². The van der Waals surface area contributed by atoms with E-state index in [1.807, 2.05) is 37.4 Å². The van der Waals surface area contributed by atoms with Gasteiger partial charge in [0.2, 0.25) is 5.91 Å². The number of rotatable bonds is 8. The van der Waals surface area contributed by atoms with Crippen molar-refractivity contribution in [2.24, 2.45) is 0 Å². The van der Waals surface area contributed by atoms with Gasteiger partial charge in [0.05, 0.1) is 6.04 Å². The smallest absolute Gasteiger partial charge is 0.315 e. The minimum Gasteiger partial charge on any atom is -0.334 e. The minimum atomic E-state index is -0.0747. The molecule has 1 heterocycles. The molecule has 126 valence electrons. The standard InChI is InChI=1S/C17H25N3O2S/c1-12-15(20-17(22)18-12)9-4-3-5-10-16(21)19-13-7-6-8-14(11-13)23-2/h6-8,11-12,15H,3-5,9-10H2,1-2H3,(H,19,21)(H2,18,20,22). The highest BCUT2D eigenvalue weighted by Crippen LogP contribution is 2.19. The van der Waals surface area contributed by atoms with Crippen molar-refractivity contribution in [1.29, 1.82) is 0 Å². The third kappa shape index (κ3) is 5.78. The number of thioether (sulfide) groups is 1. The Bertz CT molecular complexity index is 550. The van der Waals surface area contributed by atoms with Crippen LogP contribution in [-0.4, -0.2) is 30.3 Å². The van der Waals surface area contributed by atoms with E-state index >= 15 is 0 Å². The van der Waals surface area contributed by atoms with Crippen molar-refractivity contribution in [1.82, 2.24) is 10.6 Å². The van der Waals surface area contributed by atoms with Crippen molar-refractivity contribution in [3.05, 3.63) is 24.3 Å². The summed E-state index contributed by atoms with van der Waals surface area (Å²) in [5.74, 6) is 0.0625. The fourth-order valence-corrected chi connectivity index (χ4v) is 3.17. The van der Waals surface area contributed by atoms with Gasteiger partial charge in [-0.2, -0.15) is 0 Å². The van der Waals surface area contributed by atoms with Crippen LogP contribution in [0, 0.1) is 0 Å². The molecule has 1 aliphatic heterocycles. The quantitative estimate of drug-likeness (QED) is 0.504. The molecule has 1 saturated heterocycles. The van der Waals surface area contributed by atoms with E-state index in [9.17, 15) is 9.59 Å². The van der Waals surface area contributed by atoms with E-state index < -0.39 is 0 Å². The highest BCUT2D eigenvalue weighted by molar-refractivity contribution is 7.98. The van der Waals surface area contributed by atoms with Gasteiger partial charge in [-0.3, -0.25) is 4.79 Å². The maximum atomic E-state index is 11.9. The SMILES string of the molecule is CSc1cccc(NC(=O)CCCCCC2NC(=O)NC2C)c1. The third-order valence-corrected chi connectivity index (χ3v) is 4.78. The Morgan fingerprint density at radius 2 is 2.09 bits per heavy atom. The molecule has 0 radical (unpaired) electrons. The van der Waals surface area contributed by atoms with E-state index in [0.29, 0.717) is 6.42 Å². The van der Waals surface area contributed by atoms with Gasteiger partial charge in [0, 0.05) is 23.0 Å². The number of nitrogens with one attached hydrogen (secondary N) is 3. The Morgan fingerprint density at radius 3 is 2.78 bits per heavy atom. The first kappa shape index (κ1) is 17.7. The monoisotopic (exact) mass is 335 g/mol.